The Morgan fingerprint density at radius 2 is 1.78 bits per heavy atom. The van der Waals surface area contributed by atoms with Crippen LogP contribution in [-0.2, 0) is 9.84 Å². The number of nitrogens with zero attached hydrogens (tertiary/aromatic N) is 1. The molecule has 0 aromatic carbocycles. The highest BCUT2D eigenvalue weighted by Gasteiger charge is 2.35. The number of hydrogen-bond acceptors (Lipinski definition) is 4. The van der Waals surface area contributed by atoms with Crippen LogP contribution in [-0.4, -0.2) is 56.5 Å². The highest BCUT2D eigenvalue weighted by atomic mass is 35.5. The maximum atomic E-state index is 11.5. The third-order valence-corrected chi connectivity index (χ3v) is 5.95. The molecule has 1 N–H and O–H groups in total. The van der Waals surface area contributed by atoms with Crippen molar-refractivity contribution in [2.75, 3.05) is 25.1 Å². The second kappa shape index (κ2) is 6.55. The van der Waals surface area contributed by atoms with E-state index < -0.39 is 9.84 Å². The molecule has 2 fully saturated rings. The summed E-state index contributed by atoms with van der Waals surface area (Å²) < 4.78 is 23.0. The van der Waals surface area contributed by atoms with E-state index in [1.807, 2.05) is 0 Å². The van der Waals surface area contributed by atoms with Crippen LogP contribution in [0.25, 0.3) is 0 Å². The number of fused-ring (bicyclic) bond motifs is 2. The Labute approximate surface area is 117 Å². The molecule has 108 valence electrons. The van der Waals surface area contributed by atoms with Gasteiger partial charge in [-0.1, -0.05) is 6.92 Å². The Kier molecular flexibility index (Phi) is 5.90. The minimum absolute atomic E-state index is 0. The van der Waals surface area contributed by atoms with Crippen LogP contribution >= 0.6 is 12.4 Å². The molecule has 2 rings (SSSR count). The third kappa shape index (κ3) is 4.08. The van der Waals surface area contributed by atoms with Gasteiger partial charge < -0.3 is 10.2 Å². The second-order valence-corrected chi connectivity index (χ2v) is 7.95. The lowest BCUT2D eigenvalue weighted by Crippen LogP contribution is -2.47. The number of rotatable bonds is 5. The molecule has 2 aliphatic rings. The van der Waals surface area contributed by atoms with E-state index in [9.17, 15) is 8.42 Å². The van der Waals surface area contributed by atoms with Crippen molar-refractivity contribution >= 4 is 22.2 Å². The maximum Gasteiger partial charge on any atom is 0.151 e. The Hall–Kier alpha value is 0.160. The van der Waals surface area contributed by atoms with Gasteiger partial charge in [0.15, 0.2) is 9.84 Å². The SMILES string of the molecule is CCS(=O)(=O)CCN(C)C1CC2CCC(C1)N2.Cl. The van der Waals surface area contributed by atoms with Gasteiger partial charge in [0, 0.05) is 30.4 Å². The van der Waals surface area contributed by atoms with Crippen LogP contribution in [0.4, 0.5) is 0 Å². The Morgan fingerprint density at radius 1 is 1.22 bits per heavy atom. The molecule has 4 nitrogen and oxygen atoms in total. The Balaban J connectivity index is 0.00000162. The summed E-state index contributed by atoms with van der Waals surface area (Å²) in [7, 11) is -0.752. The molecule has 0 aliphatic carbocycles. The topological polar surface area (TPSA) is 49.4 Å². The first-order valence-electron chi connectivity index (χ1n) is 6.67. The average molecular weight is 297 g/mol. The number of nitrogens with one attached hydrogen (secondary N) is 1. The summed E-state index contributed by atoms with van der Waals surface area (Å²) in [6.07, 6.45) is 4.95. The lowest BCUT2D eigenvalue weighted by Gasteiger charge is -2.35. The van der Waals surface area contributed by atoms with Gasteiger partial charge in [-0.25, -0.2) is 8.42 Å². The number of sulfone groups is 1. The lowest BCUT2D eigenvalue weighted by molar-refractivity contribution is 0.180. The van der Waals surface area contributed by atoms with E-state index in [1.165, 1.54) is 25.7 Å². The summed E-state index contributed by atoms with van der Waals surface area (Å²) in [5.41, 5.74) is 0. The summed E-state index contributed by atoms with van der Waals surface area (Å²) in [4.78, 5) is 2.25. The molecular formula is C12H25ClN2O2S. The summed E-state index contributed by atoms with van der Waals surface area (Å²) in [5, 5.41) is 3.61. The zero-order chi connectivity index (χ0) is 12.5. The van der Waals surface area contributed by atoms with E-state index in [4.69, 9.17) is 0 Å². The van der Waals surface area contributed by atoms with Crippen molar-refractivity contribution in [3.63, 3.8) is 0 Å². The zero-order valence-corrected chi connectivity index (χ0v) is 12.9. The smallest absolute Gasteiger partial charge is 0.151 e. The van der Waals surface area contributed by atoms with Gasteiger partial charge in [0.2, 0.25) is 0 Å². The highest BCUT2D eigenvalue weighted by molar-refractivity contribution is 7.91. The van der Waals surface area contributed by atoms with Crippen molar-refractivity contribution in [2.45, 2.75) is 50.7 Å². The van der Waals surface area contributed by atoms with Crippen molar-refractivity contribution in [1.82, 2.24) is 10.2 Å². The van der Waals surface area contributed by atoms with E-state index in [2.05, 4.69) is 17.3 Å². The first-order chi connectivity index (χ1) is 8.00. The van der Waals surface area contributed by atoms with Crippen molar-refractivity contribution in [2.24, 2.45) is 0 Å². The molecule has 2 aliphatic heterocycles. The zero-order valence-electron chi connectivity index (χ0n) is 11.3. The van der Waals surface area contributed by atoms with Crippen LogP contribution < -0.4 is 5.32 Å². The molecule has 6 heteroatoms. The van der Waals surface area contributed by atoms with Crippen molar-refractivity contribution in [3.8, 4) is 0 Å². The van der Waals surface area contributed by atoms with Crippen LogP contribution in [0.3, 0.4) is 0 Å². The molecule has 0 aromatic heterocycles. The van der Waals surface area contributed by atoms with Crippen LogP contribution in [0.15, 0.2) is 0 Å². The van der Waals surface area contributed by atoms with Gasteiger partial charge >= 0.3 is 0 Å². The van der Waals surface area contributed by atoms with E-state index in [1.54, 1.807) is 6.92 Å². The molecule has 0 saturated carbocycles. The van der Waals surface area contributed by atoms with E-state index in [-0.39, 0.29) is 18.2 Å². The second-order valence-electron chi connectivity index (χ2n) is 5.48. The van der Waals surface area contributed by atoms with Crippen LogP contribution in [0.1, 0.15) is 32.6 Å². The molecule has 0 aromatic rings. The number of piperidine rings is 1. The first kappa shape index (κ1) is 16.2. The fourth-order valence-corrected chi connectivity index (χ4v) is 3.85. The van der Waals surface area contributed by atoms with E-state index in [0.717, 1.165) is 0 Å². The molecule has 18 heavy (non-hydrogen) atoms. The molecule has 2 bridgehead atoms. The molecular weight excluding hydrogens is 272 g/mol. The van der Waals surface area contributed by atoms with Crippen molar-refractivity contribution in [1.29, 1.82) is 0 Å². The minimum Gasteiger partial charge on any atom is -0.311 e. The summed E-state index contributed by atoms with van der Waals surface area (Å²) >= 11 is 0. The minimum atomic E-state index is -2.82. The molecule has 2 unspecified atom stereocenters. The predicted molar refractivity (Wildman–Crippen MR) is 77.2 cm³/mol. The van der Waals surface area contributed by atoms with E-state index >= 15 is 0 Å². The van der Waals surface area contributed by atoms with Gasteiger partial charge in [-0.2, -0.15) is 0 Å². The van der Waals surface area contributed by atoms with Gasteiger partial charge in [0.25, 0.3) is 0 Å². The first-order valence-corrected chi connectivity index (χ1v) is 8.49. The summed E-state index contributed by atoms with van der Waals surface area (Å²) in [6, 6.07) is 1.91. The van der Waals surface area contributed by atoms with Gasteiger partial charge in [0.1, 0.15) is 0 Å². The standard InChI is InChI=1S/C12H24N2O2S.ClH/c1-3-17(15,16)7-6-14(2)12-8-10-4-5-11(9-12)13-10;/h10-13H,3-9H2,1-2H3;1H. The summed E-state index contributed by atoms with van der Waals surface area (Å²) in [6.45, 7) is 2.40. The monoisotopic (exact) mass is 296 g/mol. The highest BCUT2D eigenvalue weighted by Crippen LogP contribution is 2.29. The predicted octanol–water partition coefficient (Wildman–Crippen LogP) is 1.06. The molecule has 2 saturated heterocycles. The number of hydrogen-bond donors (Lipinski definition) is 1. The quantitative estimate of drug-likeness (QED) is 0.824. The van der Waals surface area contributed by atoms with Crippen LogP contribution in [0.2, 0.25) is 0 Å². The fourth-order valence-electron chi connectivity index (χ4n) is 3.00. The molecule has 2 heterocycles. The molecule has 2 atom stereocenters. The Morgan fingerprint density at radius 3 is 2.28 bits per heavy atom. The normalized spacial score (nSPS) is 31.4. The Bertz CT molecular complexity index is 349. The van der Waals surface area contributed by atoms with Crippen molar-refractivity contribution < 1.29 is 8.42 Å². The van der Waals surface area contributed by atoms with Gasteiger partial charge in [-0.3, -0.25) is 0 Å². The molecule has 0 spiro atoms. The largest absolute Gasteiger partial charge is 0.311 e. The molecule has 0 amide bonds. The van der Waals surface area contributed by atoms with Crippen molar-refractivity contribution in [3.05, 3.63) is 0 Å². The lowest BCUT2D eigenvalue weighted by atomic mass is 9.99. The van der Waals surface area contributed by atoms with Gasteiger partial charge in [-0.05, 0) is 32.7 Å². The van der Waals surface area contributed by atoms with Crippen LogP contribution in [0.5, 0.6) is 0 Å². The fraction of sp³-hybridized carbons (Fsp3) is 1.00. The van der Waals surface area contributed by atoms with Gasteiger partial charge in [0.05, 0.1) is 5.75 Å². The van der Waals surface area contributed by atoms with Gasteiger partial charge in [-0.15, -0.1) is 12.4 Å². The average Bonchev–Trinajstić information content (AvgIpc) is 2.65. The molecule has 0 radical (unpaired) electrons. The number of halogens is 1. The maximum absolute atomic E-state index is 11.5. The summed E-state index contributed by atoms with van der Waals surface area (Å²) in [5.74, 6) is 0.567. The third-order valence-electron chi connectivity index (χ3n) is 4.27. The van der Waals surface area contributed by atoms with Crippen LogP contribution in [0, 0.1) is 0 Å². The van der Waals surface area contributed by atoms with E-state index in [0.29, 0.717) is 30.4 Å².